The Morgan fingerprint density at radius 1 is 1.58 bits per heavy atom. The third kappa shape index (κ3) is 2.73. The lowest BCUT2D eigenvalue weighted by atomic mass is 10.1. The lowest BCUT2D eigenvalue weighted by Gasteiger charge is -2.37. The van der Waals surface area contributed by atoms with Gasteiger partial charge in [0.05, 0.1) is 11.3 Å². The van der Waals surface area contributed by atoms with Gasteiger partial charge in [-0.15, -0.1) is 0 Å². The molecule has 1 saturated heterocycles. The zero-order valence-corrected chi connectivity index (χ0v) is 12.1. The lowest BCUT2D eigenvalue weighted by molar-refractivity contribution is -0.123. The van der Waals surface area contributed by atoms with Gasteiger partial charge in [-0.3, -0.25) is 4.79 Å². The summed E-state index contributed by atoms with van der Waals surface area (Å²) >= 11 is 3.27. The van der Waals surface area contributed by atoms with E-state index in [-0.39, 0.29) is 17.5 Å². The summed E-state index contributed by atoms with van der Waals surface area (Å²) in [5.74, 6) is -1.04. The number of carbonyl (C=O) groups is 2. The molecular formula is C13H15BrN2O3. The Morgan fingerprint density at radius 2 is 2.32 bits per heavy atom. The van der Waals surface area contributed by atoms with Crippen LogP contribution in [0.15, 0.2) is 22.7 Å². The number of carboxylic acid groups (broad SMARTS) is 1. The molecule has 1 heterocycles. The van der Waals surface area contributed by atoms with Crippen LogP contribution in [0.5, 0.6) is 0 Å². The summed E-state index contributed by atoms with van der Waals surface area (Å²) in [7, 11) is 0. The summed E-state index contributed by atoms with van der Waals surface area (Å²) in [5, 5.41) is 12.1. The van der Waals surface area contributed by atoms with Crippen molar-refractivity contribution in [3.63, 3.8) is 0 Å². The fourth-order valence-electron chi connectivity index (χ4n) is 2.34. The van der Waals surface area contributed by atoms with Gasteiger partial charge in [0, 0.05) is 17.6 Å². The van der Waals surface area contributed by atoms with Crippen LogP contribution in [0.2, 0.25) is 0 Å². The standard InChI is InChI=1S/C13H15BrN2O3/c1-2-10-12(17)15-5-6-16(10)11-4-3-8(14)7-9(11)13(18)19/h3-4,7,10H,2,5-6H2,1H3,(H,15,17)(H,18,19). The van der Waals surface area contributed by atoms with Crippen molar-refractivity contribution in [1.29, 1.82) is 0 Å². The van der Waals surface area contributed by atoms with Crippen molar-refractivity contribution in [2.45, 2.75) is 19.4 Å². The van der Waals surface area contributed by atoms with E-state index < -0.39 is 5.97 Å². The second-order valence-corrected chi connectivity index (χ2v) is 5.29. The Bertz CT molecular complexity index is 519. The molecule has 1 aromatic rings. The molecule has 5 nitrogen and oxygen atoms in total. The Morgan fingerprint density at radius 3 is 2.95 bits per heavy atom. The zero-order chi connectivity index (χ0) is 14.0. The SMILES string of the molecule is CCC1C(=O)NCCN1c1ccc(Br)cc1C(=O)O. The van der Waals surface area contributed by atoms with Crippen molar-refractivity contribution >= 4 is 33.5 Å². The van der Waals surface area contributed by atoms with E-state index in [1.807, 2.05) is 11.8 Å². The first-order chi connectivity index (χ1) is 9.04. The summed E-state index contributed by atoms with van der Waals surface area (Å²) in [4.78, 5) is 25.1. The molecule has 0 radical (unpaired) electrons. The molecule has 6 heteroatoms. The van der Waals surface area contributed by atoms with Crippen LogP contribution in [-0.4, -0.2) is 36.1 Å². The van der Waals surface area contributed by atoms with E-state index in [0.29, 0.717) is 29.7 Å². The highest BCUT2D eigenvalue weighted by Crippen LogP contribution is 2.28. The van der Waals surface area contributed by atoms with Gasteiger partial charge in [-0.25, -0.2) is 4.79 Å². The van der Waals surface area contributed by atoms with Crippen molar-refractivity contribution in [3.8, 4) is 0 Å². The Labute approximate surface area is 119 Å². The van der Waals surface area contributed by atoms with Crippen molar-refractivity contribution in [3.05, 3.63) is 28.2 Å². The fraction of sp³-hybridized carbons (Fsp3) is 0.385. The Hall–Kier alpha value is -1.56. The molecule has 1 aliphatic heterocycles. The van der Waals surface area contributed by atoms with Gasteiger partial charge < -0.3 is 15.3 Å². The smallest absolute Gasteiger partial charge is 0.337 e. The average molecular weight is 327 g/mol. The fourth-order valence-corrected chi connectivity index (χ4v) is 2.70. The number of hydrogen-bond acceptors (Lipinski definition) is 3. The number of piperazine rings is 1. The van der Waals surface area contributed by atoms with Crippen molar-refractivity contribution in [2.75, 3.05) is 18.0 Å². The monoisotopic (exact) mass is 326 g/mol. The van der Waals surface area contributed by atoms with E-state index >= 15 is 0 Å². The molecule has 1 fully saturated rings. The van der Waals surface area contributed by atoms with Crippen LogP contribution in [0.3, 0.4) is 0 Å². The second-order valence-electron chi connectivity index (χ2n) is 4.38. The van der Waals surface area contributed by atoms with Gasteiger partial charge in [0.1, 0.15) is 6.04 Å². The Balaban J connectivity index is 2.45. The molecule has 0 spiro atoms. The minimum atomic E-state index is -0.989. The quantitative estimate of drug-likeness (QED) is 0.889. The molecule has 1 amide bonds. The summed E-state index contributed by atoms with van der Waals surface area (Å²) in [5.41, 5.74) is 0.805. The van der Waals surface area contributed by atoms with Crippen molar-refractivity contribution < 1.29 is 14.7 Å². The molecule has 2 rings (SSSR count). The first-order valence-electron chi connectivity index (χ1n) is 6.11. The second kappa shape index (κ2) is 5.61. The molecule has 0 aromatic heterocycles. The van der Waals surface area contributed by atoms with Gasteiger partial charge in [0.2, 0.25) is 5.91 Å². The van der Waals surface area contributed by atoms with Crippen LogP contribution in [0.4, 0.5) is 5.69 Å². The first kappa shape index (κ1) is 13.9. The van der Waals surface area contributed by atoms with Crippen LogP contribution in [0.1, 0.15) is 23.7 Å². The summed E-state index contributed by atoms with van der Waals surface area (Å²) < 4.78 is 0.711. The number of anilines is 1. The summed E-state index contributed by atoms with van der Waals surface area (Å²) in [6.45, 7) is 3.07. The minimum absolute atomic E-state index is 0.0481. The van der Waals surface area contributed by atoms with Gasteiger partial charge in [0.15, 0.2) is 0 Å². The molecule has 0 saturated carbocycles. The van der Waals surface area contributed by atoms with Gasteiger partial charge in [-0.05, 0) is 24.6 Å². The Kier molecular flexibility index (Phi) is 4.09. The molecule has 1 aromatic carbocycles. The van der Waals surface area contributed by atoms with Gasteiger partial charge in [0.25, 0.3) is 0 Å². The summed E-state index contributed by atoms with van der Waals surface area (Å²) in [6, 6.07) is 4.79. The number of nitrogens with one attached hydrogen (secondary N) is 1. The van der Waals surface area contributed by atoms with Crippen molar-refractivity contribution in [1.82, 2.24) is 5.32 Å². The maximum atomic E-state index is 11.8. The summed E-state index contributed by atoms with van der Waals surface area (Å²) in [6.07, 6.45) is 0.640. The zero-order valence-electron chi connectivity index (χ0n) is 10.5. The van der Waals surface area contributed by atoms with E-state index in [2.05, 4.69) is 21.2 Å². The van der Waals surface area contributed by atoms with E-state index in [9.17, 15) is 14.7 Å². The number of rotatable bonds is 3. The largest absolute Gasteiger partial charge is 0.478 e. The van der Waals surface area contributed by atoms with Crippen LogP contribution in [0.25, 0.3) is 0 Å². The molecule has 102 valence electrons. The van der Waals surface area contributed by atoms with E-state index in [1.165, 1.54) is 0 Å². The van der Waals surface area contributed by atoms with E-state index in [4.69, 9.17) is 0 Å². The van der Waals surface area contributed by atoms with Crippen LogP contribution >= 0.6 is 15.9 Å². The molecule has 0 bridgehead atoms. The lowest BCUT2D eigenvalue weighted by Crippen LogP contribution is -2.55. The molecule has 1 unspecified atom stereocenters. The number of carboxylic acids is 1. The van der Waals surface area contributed by atoms with E-state index in [0.717, 1.165) is 0 Å². The maximum absolute atomic E-state index is 11.8. The maximum Gasteiger partial charge on any atom is 0.337 e. The number of carbonyl (C=O) groups excluding carboxylic acids is 1. The topological polar surface area (TPSA) is 69.6 Å². The van der Waals surface area contributed by atoms with Crippen LogP contribution in [0, 0.1) is 0 Å². The third-order valence-corrected chi connectivity index (χ3v) is 3.71. The average Bonchev–Trinajstić information content (AvgIpc) is 2.38. The normalized spacial score (nSPS) is 19.2. The molecule has 19 heavy (non-hydrogen) atoms. The number of aromatic carboxylic acids is 1. The van der Waals surface area contributed by atoms with Gasteiger partial charge in [-0.1, -0.05) is 22.9 Å². The highest BCUT2D eigenvalue weighted by molar-refractivity contribution is 9.10. The number of halogens is 1. The minimum Gasteiger partial charge on any atom is -0.478 e. The van der Waals surface area contributed by atoms with Crippen LogP contribution in [-0.2, 0) is 4.79 Å². The molecule has 1 aliphatic rings. The van der Waals surface area contributed by atoms with Gasteiger partial charge in [-0.2, -0.15) is 0 Å². The number of benzene rings is 1. The predicted molar refractivity (Wildman–Crippen MR) is 75.5 cm³/mol. The molecular weight excluding hydrogens is 312 g/mol. The molecule has 0 aliphatic carbocycles. The highest BCUT2D eigenvalue weighted by Gasteiger charge is 2.30. The number of nitrogens with zero attached hydrogens (tertiary/aromatic N) is 1. The number of hydrogen-bond donors (Lipinski definition) is 2. The molecule has 2 N–H and O–H groups in total. The first-order valence-corrected chi connectivity index (χ1v) is 6.91. The highest BCUT2D eigenvalue weighted by atomic mass is 79.9. The predicted octanol–water partition coefficient (Wildman–Crippen LogP) is 1.86. The van der Waals surface area contributed by atoms with Gasteiger partial charge >= 0.3 is 5.97 Å². The van der Waals surface area contributed by atoms with Crippen molar-refractivity contribution in [2.24, 2.45) is 0 Å². The van der Waals surface area contributed by atoms with Crippen LogP contribution < -0.4 is 10.2 Å². The number of amides is 1. The third-order valence-electron chi connectivity index (χ3n) is 3.22. The molecule has 1 atom stereocenters. The van der Waals surface area contributed by atoms with E-state index in [1.54, 1.807) is 18.2 Å².